The first-order chi connectivity index (χ1) is 5.77. The fourth-order valence-electron chi connectivity index (χ4n) is 1.19. The van der Waals surface area contributed by atoms with Crippen LogP contribution in [0.3, 0.4) is 0 Å². The summed E-state index contributed by atoms with van der Waals surface area (Å²) < 4.78 is 17.9. The van der Waals surface area contributed by atoms with Crippen molar-refractivity contribution in [1.29, 1.82) is 0 Å². The summed E-state index contributed by atoms with van der Waals surface area (Å²) in [4.78, 5) is 3.70. The van der Waals surface area contributed by atoms with Gasteiger partial charge in [0.2, 0.25) is 5.95 Å². The van der Waals surface area contributed by atoms with Crippen molar-refractivity contribution in [3.63, 3.8) is 0 Å². The summed E-state index contributed by atoms with van der Waals surface area (Å²) in [5.74, 6) is 0.146. The lowest BCUT2D eigenvalue weighted by Crippen LogP contribution is -2.09. The van der Waals surface area contributed by atoms with Gasteiger partial charge in [-0.1, -0.05) is 6.58 Å². The summed E-state index contributed by atoms with van der Waals surface area (Å²) in [5.41, 5.74) is 1.40. The lowest BCUT2D eigenvalue weighted by atomic mass is 10.1. The van der Waals surface area contributed by atoms with Crippen LogP contribution in [-0.4, -0.2) is 11.6 Å². The monoisotopic (exact) mass is 165 g/mol. The third-order valence-corrected chi connectivity index (χ3v) is 1.82. The van der Waals surface area contributed by atoms with Crippen LogP contribution in [0.15, 0.2) is 18.7 Å². The molecule has 0 unspecified atom stereocenters. The molecule has 0 radical (unpaired) electrons. The van der Waals surface area contributed by atoms with Gasteiger partial charge in [-0.05, 0) is 17.7 Å². The molecule has 1 aromatic heterocycles. The van der Waals surface area contributed by atoms with Gasteiger partial charge < -0.3 is 4.74 Å². The van der Waals surface area contributed by atoms with Gasteiger partial charge in [0.05, 0.1) is 6.61 Å². The predicted octanol–water partition coefficient (Wildman–Crippen LogP) is 2.02. The van der Waals surface area contributed by atoms with Crippen LogP contribution in [0.2, 0.25) is 0 Å². The van der Waals surface area contributed by atoms with E-state index in [4.69, 9.17) is 4.74 Å². The van der Waals surface area contributed by atoms with Crippen molar-refractivity contribution in [2.45, 2.75) is 6.42 Å². The van der Waals surface area contributed by atoms with E-state index in [2.05, 4.69) is 11.6 Å². The normalized spacial score (nSPS) is 15.2. The third-order valence-electron chi connectivity index (χ3n) is 1.82. The minimum atomic E-state index is -0.486. The highest BCUT2D eigenvalue weighted by Crippen LogP contribution is 2.29. The molecule has 0 spiro atoms. The number of hydrogen-bond acceptors (Lipinski definition) is 2. The number of pyridine rings is 1. The van der Waals surface area contributed by atoms with Crippen LogP contribution < -0.4 is 4.74 Å². The molecular weight excluding hydrogens is 157 g/mol. The Morgan fingerprint density at radius 2 is 2.33 bits per heavy atom. The number of ether oxygens (including phenoxy) is 1. The van der Waals surface area contributed by atoms with Gasteiger partial charge in [0, 0.05) is 6.42 Å². The second-order valence-corrected chi connectivity index (χ2v) is 2.68. The molecular formula is C9H8FNO. The van der Waals surface area contributed by atoms with E-state index in [1.165, 1.54) is 6.07 Å². The van der Waals surface area contributed by atoms with Crippen molar-refractivity contribution in [3.8, 4) is 5.75 Å². The fraction of sp³-hybridized carbons (Fsp3) is 0.222. The highest BCUT2D eigenvalue weighted by molar-refractivity contribution is 5.66. The summed E-state index contributed by atoms with van der Waals surface area (Å²) in [5, 5.41) is 0. The SMILES string of the molecule is C=C1CCOc2ccc(F)nc21. The molecule has 0 atom stereocenters. The number of fused-ring (bicyclic) bond motifs is 1. The topological polar surface area (TPSA) is 22.1 Å². The van der Waals surface area contributed by atoms with Gasteiger partial charge in [0.15, 0.2) is 0 Å². The number of rotatable bonds is 0. The average Bonchev–Trinajstić information content (AvgIpc) is 2.07. The Morgan fingerprint density at radius 3 is 3.17 bits per heavy atom. The van der Waals surface area contributed by atoms with Gasteiger partial charge in [-0.2, -0.15) is 4.39 Å². The first-order valence-corrected chi connectivity index (χ1v) is 3.75. The van der Waals surface area contributed by atoms with Crippen LogP contribution in [0.5, 0.6) is 5.75 Å². The maximum Gasteiger partial charge on any atom is 0.213 e. The number of nitrogens with zero attached hydrogens (tertiary/aromatic N) is 1. The molecule has 2 rings (SSSR count). The lowest BCUT2D eigenvalue weighted by molar-refractivity contribution is 0.312. The average molecular weight is 165 g/mol. The van der Waals surface area contributed by atoms with Gasteiger partial charge in [0.25, 0.3) is 0 Å². The maximum absolute atomic E-state index is 12.7. The Hall–Kier alpha value is -1.38. The molecule has 0 aromatic carbocycles. The van der Waals surface area contributed by atoms with Crippen LogP contribution >= 0.6 is 0 Å². The molecule has 2 nitrogen and oxygen atoms in total. The molecule has 1 aromatic rings. The fourth-order valence-corrected chi connectivity index (χ4v) is 1.19. The lowest BCUT2D eigenvalue weighted by Gasteiger charge is -2.17. The summed E-state index contributed by atoms with van der Waals surface area (Å²) in [6.07, 6.45) is 0.726. The molecule has 0 amide bonds. The van der Waals surface area contributed by atoms with Gasteiger partial charge in [-0.25, -0.2) is 4.98 Å². The molecule has 1 aliphatic rings. The molecule has 62 valence electrons. The Balaban J connectivity index is 2.54. The van der Waals surface area contributed by atoms with Crippen LogP contribution in [0.4, 0.5) is 4.39 Å². The molecule has 1 aliphatic heterocycles. The standard InChI is InChI=1S/C9H8FNO/c1-6-4-5-12-7-2-3-8(10)11-9(6)7/h2-3H,1,4-5H2. The summed E-state index contributed by atoms with van der Waals surface area (Å²) in [6.45, 7) is 4.40. The molecule has 0 saturated carbocycles. The van der Waals surface area contributed by atoms with Crippen LogP contribution in [0, 0.1) is 5.95 Å². The van der Waals surface area contributed by atoms with Gasteiger partial charge in [-0.3, -0.25) is 0 Å². The second kappa shape index (κ2) is 2.59. The van der Waals surface area contributed by atoms with Crippen LogP contribution in [0.1, 0.15) is 12.1 Å². The zero-order valence-corrected chi connectivity index (χ0v) is 6.51. The predicted molar refractivity (Wildman–Crippen MR) is 43.3 cm³/mol. The third kappa shape index (κ3) is 1.07. The van der Waals surface area contributed by atoms with E-state index >= 15 is 0 Å². The van der Waals surface area contributed by atoms with Crippen molar-refractivity contribution in [2.24, 2.45) is 0 Å². The largest absolute Gasteiger partial charge is 0.491 e. The van der Waals surface area contributed by atoms with Gasteiger partial charge in [0.1, 0.15) is 11.4 Å². The Bertz CT molecular complexity index is 335. The van der Waals surface area contributed by atoms with Crippen LogP contribution in [0.25, 0.3) is 5.57 Å². The van der Waals surface area contributed by atoms with Crippen LogP contribution in [-0.2, 0) is 0 Å². The van der Waals surface area contributed by atoms with E-state index in [-0.39, 0.29) is 0 Å². The molecule has 12 heavy (non-hydrogen) atoms. The summed E-state index contributed by atoms with van der Waals surface area (Å²) >= 11 is 0. The van der Waals surface area contributed by atoms with Crippen molar-refractivity contribution >= 4 is 5.57 Å². The minimum Gasteiger partial charge on any atom is -0.491 e. The number of aromatic nitrogens is 1. The molecule has 0 bridgehead atoms. The van der Waals surface area contributed by atoms with Crippen molar-refractivity contribution in [2.75, 3.05) is 6.61 Å². The first kappa shape index (κ1) is 7.28. The van der Waals surface area contributed by atoms with E-state index in [0.29, 0.717) is 18.1 Å². The Kier molecular flexibility index (Phi) is 1.57. The van der Waals surface area contributed by atoms with E-state index in [1.807, 2.05) is 0 Å². The molecule has 2 heterocycles. The number of hydrogen-bond donors (Lipinski definition) is 0. The van der Waals surface area contributed by atoms with Crippen molar-refractivity contribution in [3.05, 3.63) is 30.4 Å². The highest BCUT2D eigenvalue weighted by Gasteiger charge is 2.15. The highest BCUT2D eigenvalue weighted by atomic mass is 19.1. The molecule has 0 N–H and O–H groups in total. The zero-order chi connectivity index (χ0) is 8.55. The zero-order valence-electron chi connectivity index (χ0n) is 6.51. The number of halogens is 1. The summed E-state index contributed by atoms with van der Waals surface area (Å²) in [7, 11) is 0. The van der Waals surface area contributed by atoms with Crippen molar-refractivity contribution < 1.29 is 9.13 Å². The van der Waals surface area contributed by atoms with E-state index in [0.717, 1.165) is 12.0 Å². The molecule has 0 saturated heterocycles. The minimum absolute atomic E-state index is 0.486. The van der Waals surface area contributed by atoms with E-state index in [9.17, 15) is 4.39 Å². The first-order valence-electron chi connectivity index (χ1n) is 3.75. The van der Waals surface area contributed by atoms with E-state index < -0.39 is 5.95 Å². The smallest absolute Gasteiger partial charge is 0.213 e. The van der Waals surface area contributed by atoms with Gasteiger partial charge in [-0.15, -0.1) is 0 Å². The second-order valence-electron chi connectivity index (χ2n) is 2.68. The molecule has 0 fully saturated rings. The molecule has 3 heteroatoms. The quantitative estimate of drug-likeness (QED) is 0.548. The van der Waals surface area contributed by atoms with Crippen molar-refractivity contribution in [1.82, 2.24) is 4.98 Å². The maximum atomic E-state index is 12.7. The van der Waals surface area contributed by atoms with E-state index in [1.54, 1.807) is 6.07 Å². The Morgan fingerprint density at radius 1 is 1.50 bits per heavy atom. The summed E-state index contributed by atoms with van der Waals surface area (Å²) in [6, 6.07) is 2.87. The molecule has 0 aliphatic carbocycles. The Labute approximate surface area is 69.7 Å². The van der Waals surface area contributed by atoms with Gasteiger partial charge >= 0.3 is 0 Å².